The summed E-state index contributed by atoms with van der Waals surface area (Å²) in [4.78, 5) is 0. The van der Waals surface area contributed by atoms with Gasteiger partial charge in [-0.05, 0) is 43.2 Å². The molecule has 1 aromatic rings. The van der Waals surface area contributed by atoms with Gasteiger partial charge in [-0.15, -0.1) is 0 Å². The van der Waals surface area contributed by atoms with Crippen LogP contribution in [0, 0.1) is 11.8 Å². The van der Waals surface area contributed by atoms with Gasteiger partial charge in [-0.25, -0.2) is 0 Å². The smallest absolute Gasteiger partial charge is 0.121 e. The van der Waals surface area contributed by atoms with Crippen LogP contribution in [0.5, 0.6) is 5.75 Å². The summed E-state index contributed by atoms with van der Waals surface area (Å²) in [6, 6.07) is 6.31. The quantitative estimate of drug-likeness (QED) is 0.805. The molecule has 0 bridgehead atoms. The third-order valence-electron chi connectivity index (χ3n) is 4.03. The molecule has 3 heteroatoms. The average Bonchev–Trinajstić information content (AvgIpc) is 2.35. The molecule has 0 radical (unpaired) electrons. The van der Waals surface area contributed by atoms with Gasteiger partial charge >= 0.3 is 0 Å². The Morgan fingerprint density at radius 2 is 2.06 bits per heavy atom. The lowest BCUT2D eigenvalue weighted by atomic mass is 9.80. The van der Waals surface area contributed by atoms with Crippen molar-refractivity contribution < 1.29 is 4.74 Å². The number of rotatable bonds is 3. The van der Waals surface area contributed by atoms with Crippen LogP contribution in [0.15, 0.2) is 18.2 Å². The molecule has 0 spiro atoms. The van der Waals surface area contributed by atoms with E-state index in [1.165, 1.54) is 19.3 Å². The summed E-state index contributed by atoms with van der Waals surface area (Å²) < 4.78 is 5.25. The van der Waals surface area contributed by atoms with Gasteiger partial charge in [0.05, 0.1) is 18.5 Å². The third-order valence-corrected chi connectivity index (χ3v) is 4.03. The van der Waals surface area contributed by atoms with Gasteiger partial charge in [-0.2, -0.15) is 0 Å². The second-order valence-corrected chi connectivity index (χ2v) is 5.60. The normalized spacial score (nSPS) is 27.8. The number of benzene rings is 1. The highest BCUT2D eigenvalue weighted by atomic mass is 16.5. The van der Waals surface area contributed by atoms with E-state index in [1.54, 1.807) is 7.11 Å². The van der Waals surface area contributed by atoms with E-state index >= 15 is 0 Å². The third kappa shape index (κ3) is 2.89. The molecule has 100 valence electrons. The topological polar surface area (TPSA) is 47.3 Å². The molecule has 3 N–H and O–H groups in total. The molecule has 0 aliphatic heterocycles. The Morgan fingerprint density at radius 1 is 1.28 bits per heavy atom. The minimum absolute atomic E-state index is 0.524. The number of nitrogens with one attached hydrogen (secondary N) is 1. The summed E-state index contributed by atoms with van der Waals surface area (Å²) in [5.41, 5.74) is 7.81. The molecule has 2 rings (SSSR count). The maximum atomic E-state index is 6.02. The molecule has 3 unspecified atom stereocenters. The molecule has 18 heavy (non-hydrogen) atoms. The highest BCUT2D eigenvalue weighted by molar-refractivity contribution is 5.68. The summed E-state index contributed by atoms with van der Waals surface area (Å²) in [6.45, 7) is 4.66. The van der Waals surface area contributed by atoms with E-state index in [-0.39, 0.29) is 0 Å². The van der Waals surface area contributed by atoms with Crippen LogP contribution >= 0.6 is 0 Å². The van der Waals surface area contributed by atoms with Crippen molar-refractivity contribution in [2.45, 2.75) is 39.2 Å². The first kappa shape index (κ1) is 13.1. The number of hydrogen-bond donors (Lipinski definition) is 2. The highest BCUT2D eigenvalue weighted by Gasteiger charge is 2.25. The van der Waals surface area contributed by atoms with Crippen molar-refractivity contribution in [1.29, 1.82) is 0 Å². The number of nitrogens with two attached hydrogens (primary N) is 1. The number of nitrogen functional groups attached to an aromatic ring is 1. The number of methoxy groups -OCH3 is 1. The van der Waals surface area contributed by atoms with Gasteiger partial charge in [0, 0.05) is 12.1 Å². The molecule has 3 nitrogen and oxygen atoms in total. The number of hydrogen-bond acceptors (Lipinski definition) is 3. The van der Waals surface area contributed by atoms with Crippen molar-refractivity contribution in [2.75, 3.05) is 18.2 Å². The van der Waals surface area contributed by atoms with E-state index < -0.39 is 0 Å². The lowest BCUT2D eigenvalue weighted by Gasteiger charge is -2.34. The van der Waals surface area contributed by atoms with Crippen molar-refractivity contribution in [1.82, 2.24) is 0 Å². The molecule has 0 amide bonds. The van der Waals surface area contributed by atoms with Crippen LogP contribution in [-0.4, -0.2) is 13.2 Å². The summed E-state index contributed by atoms with van der Waals surface area (Å²) in [5.74, 6) is 2.39. The first-order valence-electron chi connectivity index (χ1n) is 6.80. The highest BCUT2D eigenvalue weighted by Crippen LogP contribution is 2.33. The fourth-order valence-corrected chi connectivity index (χ4v) is 2.87. The zero-order valence-electron chi connectivity index (χ0n) is 11.6. The molecule has 3 atom stereocenters. The molecule has 0 aromatic heterocycles. The van der Waals surface area contributed by atoms with E-state index in [2.05, 4.69) is 19.2 Å². The molecule has 0 saturated heterocycles. The van der Waals surface area contributed by atoms with Crippen LogP contribution in [-0.2, 0) is 0 Å². The second kappa shape index (κ2) is 5.51. The average molecular weight is 248 g/mol. The minimum Gasteiger partial charge on any atom is -0.497 e. The molecule has 0 heterocycles. The number of anilines is 2. The Kier molecular flexibility index (Phi) is 4.00. The van der Waals surface area contributed by atoms with Crippen LogP contribution in [0.25, 0.3) is 0 Å². The lowest BCUT2D eigenvalue weighted by molar-refractivity contribution is 0.276. The maximum absolute atomic E-state index is 6.02. The fourth-order valence-electron chi connectivity index (χ4n) is 2.87. The van der Waals surface area contributed by atoms with E-state index in [4.69, 9.17) is 10.5 Å². The van der Waals surface area contributed by atoms with E-state index in [0.717, 1.165) is 23.0 Å². The molecule has 1 fully saturated rings. The summed E-state index contributed by atoms with van der Waals surface area (Å²) >= 11 is 0. The van der Waals surface area contributed by atoms with Gasteiger partial charge in [0.25, 0.3) is 0 Å². The molecular formula is C15H24N2O. The summed E-state index contributed by atoms with van der Waals surface area (Å²) in [6.07, 6.45) is 3.81. The zero-order valence-corrected chi connectivity index (χ0v) is 11.6. The summed E-state index contributed by atoms with van der Waals surface area (Å²) in [5, 5.41) is 3.59. The van der Waals surface area contributed by atoms with Crippen molar-refractivity contribution >= 4 is 11.4 Å². The molecule has 1 aliphatic rings. The monoisotopic (exact) mass is 248 g/mol. The minimum atomic E-state index is 0.524. The SMILES string of the molecule is COc1ccc(N)c(NC2CCC(C)CC2C)c1. The van der Waals surface area contributed by atoms with Gasteiger partial charge in [-0.1, -0.05) is 13.8 Å². The molecule has 1 aromatic carbocycles. The van der Waals surface area contributed by atoms with E-state index in [9.17, 15) is 0 Å². The Morgan fingerprint density at radius 3 is 2.72 bits per heavy atom. The standard InChI is InChI=1S/C15H24N2O/c1-10-4-7-14(11(2)8-10)17-15-9-12(18-3)5-6-13(15)16/h5-6,9-11,14,17H,4,7-8,16H2,1-3H3. The van der Waals surface area contributed by atoms with Crippen molar-refractivity contribution in [3.05, 3.63) is 18.2 Å². The van der Waals surface area contributed by atoms with Crippen molar-refractivity contribution in [2.24, 2.45) is 11.8 Å². The number of ether oxygens (including phenoxy) is 1. The first-order valence-corrected chi connectivity index (χ1v) is 6.80. The Balaban J connectivity index is 2.08. The summed E-state index contributed by atoms with van der Waals surface area (Å²) in [7, 11) is 1.68. The maximum Gasteiger partial charge on any atom is 0.121 e. The van der Waals surface area contributed by atoms with Crippen LogP contribution in [0.4, 0.5) is 11.4 Å². The van der Waals surface area contributed by atoms with Crippen LogP contribution in [0.3, 0.4) is 0 Å². The zero-order chi connectivity index (χ0) is 13.1. The predicted molar refractivity (Wildman–Crippen MR) is 77.0 cm³/mol. The van der Waals surface area contributed by atoms with E-state index in [0.29, 0.717) is 12.0 Å². The van der Waals surface area contributed by atoms with E-state index in [1.807, 2.05) is 18.2 Å². The van der Waals surface area contributed by atoms with Gasteiger partial charge in [0.2, 0.25) is 0 Å². The van der Waals surface area contributed by atoms with Crippen LogP contribution in [0.2, 0.25) is 0 Å². The van der Waals surface area contributed by atoms with Crippen LogP contribution in [0.1, 0.15) is 33.1 Å². The molecule has 1 aliphatic carbocycles. The van der Waals surface area contributed by atoms with Crippen LogP contribution < -0.4 is 15.8 Å². The van der Waals surface area contributed by atoms with Gasteiger partial charge in [0.15, 0.2) is 0 Å². The molecular weight excluding hydrogens is 224 g/mol. The Labute approximate surface area is 110 Å². The Bertz CT molecular complexity index is 405. The second-order valence-electron chi connectivity index (χ2n) is 5.60. The predicted octanol–water partition coefficient (Wildman–Crippen LogP) is 3.51. The first-order chi connectivity index (χ1) is 8.60. The largest absolute Gasteiger partial charge is 0.497 e. The van der Waals surface area contributed by atoms with Gasteiger partial charge in [-0.3, -0.25) is 0 Å². The molecule has 1 saturated carbocycles. The fraction of sp³-hybridized carbons (Fsp3) is 0.600. The van der Waals surface area contributed by atoms with Crippen molar-refractivity contribution in [3.63, 3.8) is 0 Å². The van der Waals surface area contributed by atoms with Gasteiger partial charge in [0.1, 0.15) is 5.75 Å². The lowest BCUT2D eigenvalue weighted by Crippen LogP contribution is -2.33. The Hall–Kier alpha value is -1.38. The van der Waals surface area contributed by atoms with Gasteiger partial charge < -0.3 is 15.8 Å². The van der Waals surface area contributed by atoms with Crippen molar-refractivity contribution in [3.8, 4) is 5.75 Å².